The first kappa shape index (κ1) is 20.1. The highest BCUT2D eigenvalue weighted by molar-refractivity contribution is 5.94. The van der Waals surface area contributed by atoms with Gasteiger partial charge in [-0.25, -0.2) is 0 Å². The highest BCUT2D eigenvalue weighted by Crippen LogP contribution is 2.34. The summed E-state index contributed by atoms with van der Waals surface area (Å²) in [5.74, 6) is 0.625. The molecule has 1 saturated carbocycles. The van der Waals surface area contributed by atoms with E-state index in [4.69, 9.17) is 0 Å². The third kappa shape index (κ3) is 4.06. The maximum atomic E-state index is 12.9. The number of amides is 1. The van der Waals surface area contributed by atoms with Crippen molar-refractivity contribution in [2.45, 2.75) is 64.3 Å². The van der Waals surface area contributed by atoms with Crippen molar-refractivity contribution in [2.24, 2.45) is 5.92 Å². The lowest BCUT2D eigenvalue weighted by Crippen LogP contribution is -2.41. The first-order valence-electron chi connectivity index (χ1n) is 11.9. The summed E-state index contributed by atoms with van der Waals surface area (Å²) in [5, 5.41) is 3.28. The molecular weight excluding hydrogens is 380 g/mol. The Morgan fingerprint density at radius 2 is 1.65 bits per heavy atom. The van der Waals surface area contributed by atoms with E-state index in [-0.39, 0.29) is 5.91 Å². The first-order chi connectivity index (χ1) is 15.2. The second-order valence-corrected chi connectivity index (χ2v) is 9.30. The smallest absolute Gasteiger partial charge is 0.251 e. The summed E-state index contributed by atoms with van der Waals surface area (Å²) < 4.78 is 2.41. The van der Waals surface area contributed by atoms with Crippen LogP contribution in [0.2, 0.25) is 0 Å². The van der Waals surface area contributed by atoms with Crippen molar-refractivity contribution in [1.29, 1.82) is 0 Å². The quantitative estimate of drug-likeness (QED) is 0.534. The van der Waals surface area contributed by atoms with E-state index in [0.717, 1.165) is 30.5 Å². The summed E-state index contributed by atoms with van der Waals surface area (Å²) >= 11 is 0. The van der Waals surface area contributed by atoms with E-state index < -0.39 is 0 Å². The third-order valence-corrected chi connectivity index (χ3v) is 7.19. The van der Waals surface area contributed by atoms with Crippen molar-refractivity contribution in [1.82, 2.24) is 9.88 Å². The predicted octanol–water partition coefficient (Wildman–Crippen LogP) is 6.33. The van der Waals surface area contributed by atoms with Crippen LogP contribution in [0.15, 0.2) is 60.7 Å². The molecule has 0 aliphatic heterocycles. The normalized spacial score (nSPS) is 20.8. The molecule has 3 nitrogen and oxygen atoms in total. The number of rotatable bonds is 4. The maximum Gasteiger partial charge on any atom is 0.251 e. The van der Waals surface area contributed by atoms with Gasteiger partial charge in [-0.05, 0) is 85.9 Å². The first-order valence-corrected chi connectivity index (χ1v) is 11.9. The van der Waals surface area contributed by atoms with E-state index in [0.29, 0.717) is 12.0 Å². The summed E-state index contributed by atoms with van der Waals surface area (Å²) in [6, 6.07) is 21.5. The van der Waals surface area contributed by atoms with Crippen molar-refractivity contribution in [2.75, 3.05) is 0 Å². The molecule has 0 radical (unpaired) electrons. The molecular formula is C28H32N2O. The molecule has 2 atom stereocenters. The largest absolute Gasteiger partial charge is 0.349 e. The Morgan fingerprint density at radius 1 is 0.903 bits per heavy atom. The third-order valence-electron chi connectivity index (χ3n) is 7.19. The molecule has 1 fully saturated rings. The molecule has 2 aliphatic rings. The van der Waals surface area contributed by atoms with Gasteiger partial charge in [0.15, 0.2) is 0 Å². The van der Waals surface area contributed by atoms with Crippen LogP contribution in [0.5, 0.6) is 0 Å². The van der Waals surface area contributed by atoms with Gasteiger partial charge < -0.3 is 9.88 Å². The van der Waals surface area contributed by atoms with E-state index >= 15 is 0 Å². The zero-order valence-corrected chi connectivity index (χ0v) is 18.4. The minimum Gasteiger partial charge on any atom is -0.349 e. The van der Waals surface area contributed by atoms with Gasteiger partial charge in [0.25, 0.3) is 5.91 Å². The van der Waals surface area contributed by atoms with Gasteiger partial charge in [0, 0.05) is 23.0 Å². The highest BCUT2D eigenvalue weighted by Gasteiger charge is 2.24. The number of hydrogen-bond donors (Lipinski definition) is 1. The Bertz CT molecular complexity index is 1050. The number of nitrogens with zero attached hydrogens (tertiary/aromatic N) is 1. The molecule has 31 heavy (non-hydrogen) atoms. The minimum absolute atomic E-state index is 0.0584. The Morgan fingerprint density at radius 3 is 2.42 bits per heavy atom. The monoisotopic (exact) mass is 412 g/mol. The van der Waals surface area contributed by atoms with Crippen LogP contribution in [0.4, 0.5) is 0 Å². The minimum atomic E-state index is 0.0584. The second kappa shape index (κ2) is 8.74. The number of carbonyl (C=O) groups excluding carboxylic acids is 1. The predicted molar refractivity (Wildman–Crippen MR) is 127 cm³/mol. The van der Waals surface area contributed by atoms with Gasteiger partial charge in [0.05, 0.1) is 5.69 Å². The molecule has 2 aromatic carbocycles. The summed E-state index contributed by atoms with van der Waals surface area (Å²) in [5.41, 5.74) is 7.29. The van der Waals surface area contributed by atoms with Gasteiger partial charge in [0.1, 0.15) is 0 Å². The van der Waals surface area contributed by atoms with E-state index in [1.54, 1.807) is 0 Å². The van der Waals surface area contributed by atoms with Gasteiger partial charge in [-0.15, -0.1) is 0 Å². The van der Waals surface area contributed by atoms with E-state index in [2.05, 4.69) is 65.3 Å². The number of hydrogen-bond acceptors (Lipinski definition) is 1. The molecule has 3 aromatic rings. The molecule has 1 aromatic heterocycles. The Labute approximate surface area is 185 Å². The number of fused-ring (bicyclic) bond motifs is 1. The van der Waals surface area contributed by atoms with Crippen LogP contribution in [0, 0.1) is 5.92 Å². The van der Waals surface area contributed by atoms with Crippen LogP contribution in [0.25, 0.3) is 16.9 Å². The lowest BCUT2D eigenvalue weighted by atomic mass is 9.86. The average molecular weight is 413 g/mol. The molecule has 0 saturated heterocycles. The zero-order chi connectivity index (χ0) is 21.2. The second-order valence-electron chi connectivity index (χ2n) is 9.30. The Balaban J connectivity index is 1.44. The standard InChI is InChI=1S/C28H32N2O/c1-20-9-5-7-13-25(20)29-28(31)22-15-17-24(18-16-22)30-26-14-8-6-12-23(26)19-27(30)21-10-3-2-4-11-21/h2-4,10-11,15-20,25H,5-9,12-14H2,1H3,(H,29,31). The van der Waals surface area contributed by atoms with Crippen LogP contribution >= 0.6 is 0 Å². The fourth-order valence-electron chi connectivity index (χ4n) is 5.36. The van der Waals surface area contributed by atoms with Crippen molar-refractivity contribution in [3.63, 3.8) is 0 Å². The summed E-state index contributed by atoms with van der Waals surface area (Å²) in [7, 11) is 0. The molecule has 160 valence electrons. The van der Waals surface area contributed by atoms with Gasteiger partial charge >= 0.3 is 0 Å². The Hall–Kier alpha value is -2.81. The molecule has 2 unspecified atom stereocenters. The van der Waals surface area contributed by atoms with Crippen molar-refractivity contribution < 1.29 is 4.79 Å². The summed E-state index contributed by atoms with van der Waals surface area (Å²) in [6.07, 6.45) is 9.59. The highest BCUT2D eigenvalue weighted by atomic mass is 16.1. The lowest BCUT2D eigenvalue weighted by molar-refractivity contribution is 0.0910. The fraction of sp³-hybridized carbons (Fsp3) is 0.393. The lowest BCUT2D eigenvalue weighted by Gasteiger charge is -2.29. The van der Waals surface area contributed by atoms with E-state index in [9.17, 15) is 4.79 Å². The van der Waals surface area contributed by atoms with Crippen LogP contribution in [0.1, 0.15) is 67.1 Å². The molecule has 2 aliphatic carbocycles. The molecule has 1 N–H and O–H groups in total. The topological polar surface area (TPSA) is 34.0 Å². The number of nitrogens with one attached hydrogen (secondary N) is 1. The molecule has 1 heterocycles. The Kier molecular flexibility index (Phi) is 5.67. The average Bonchev–Trinajstić information content (AvgIpc) is 3.21. The zero-order valence-electron chi connectivity index (χ0n) is 18.4. The van der Waals surface area contributed by atoms with E-state index in [1.165, 1.54) is 54.6 Å². The SMILES string of the molecule is CC1CCCCC1NC(=O)c1ccc(-n2c(-c3ccccc3)cc3c2CCCC3)cc1. The number of aryl methyl sites for hydroxylation is 1. The van der Waals surface area contributed by atoms with Crippen LogP contribution < -0.4 is 5.32 Å². The fourth-order valence-corrected chi connectivity index (χ4v) is 5.36. The van der Waals surface area contributed by atoms with Crippen molar-refractivity contribution in [3.8, 4) is 16.9 Å². The van der Waals surface area contributed by atoms with Gasteiger partial charge in [-0.1, -0.05) is 50.1 Å². The van der Waals surface area contributed by atoms with E-state index in [1.807, 2.05) is 12.1 Å². The van der Waals surface area contributed by atoms with Crippen molar-refractivity contribution >= 4 is 5.91 Å². The van der Waals surface area contributed by atoms with Gasteiger partial charge in [-0.3, -0.25) is 4.79 Å². The van der Waals surface area contributed by atoms with Crippen LogP contribution in [0.3, 0.4) is 0 Å². The van der Waals surface area contributed by atoms with Gasteiger partial charge in [-0.2, -0.15) is 0 Å². The number of aromatic nitrogens is 1. The maximum absolute atomic E-state index is 12.9. The number of carbonyl (C=O) groups is 1. The molecule has 1 amide bonds. The van der Waals surface area contributed by atoms with Gasteiger partial charge in [0.2, 0.25) is 0 Å². The summed E-state index contributed by atoms with van der Waals surface area (Å²) in [4.78, 5) is 12.9. The molecule has 0 bridgehead atoms. The number of benzene rings is 2. The summed E-state index contributed by atoms with van der Waals surface area (Å²) in [6.45, 7) is 2.26. The molecule has 0 spiro atoms. The van der Waals surface area contributed by atoms with Crippen LogP contribution in [-0.4, -0.2) is 16.5 Å². The molecule has 3 heteroatoms. The molecule has 5 rings (SSSR count). The van der Waals surface area contributed by atoms with Crippen molar-refractivity contribution in [3.05, 3.63) is 77.5 Å². The van der Waals surface area contributed by atoms with Crippen LogP contribution in [-0.2, 0) is 12.8 Å².